The molecule has 15 heavy (non-hydrogen) atoms. The van der Waals surface area contributed by atoms with Crippen molar-refractivity contribution in [2.75, 3.05) is 6.61 Å². The summed E-state index contributed by atoms with van der Waals surface area (Å²) in [5.74, 6) is 0.507. The van der Waals surface area contributed by atoms with E-state index in [2.05, 4.69) is 52.0 Å². The summed E-state index contributed by atoms with van der Waals surface area (Å²) in [4.78, 5) is 0. The average Bonchev–Trinajstić information content (AvgIpc) is 2.18. The third-order valence-electron chi connectivity index (χ3n) is 2.93. The number of aryl methyl sites for hydroxylation is 1. The van der Waals surface area contributed by atoms with Crippen LogP contribution < -0.4 is 0 Å². The Hall–Kier alpha value is -0.820. The zero-order valence-electron chi connectivity index (χ0n) is 10.2. The van der Waals surface area contributed by atoms with Crippen LogP contribution in [0.1, 0.15) is 44.2 Å². The fraction of sp³-hybridized carbons (Fsp3) is 0.571. The molecule has 1 N–H and O–H groups in total. The largest absolute Gasteiger partial charge is 0.396 e. The minimum Gasteiger partial charge on any atom is -0.396 e. The van der Waals surface area contributed by atoms with E-state index in [1.165, 1.54) is 11.1 Å². The summed E-state index contributed by atoms with van der Waals surface area (Å²) in [6, 6.07) is 8.68. The summed E-state index contributed by atoms with van der Waals surface area (Å²) in [5, 5.41) is 9.23. The molecule has 1 heteroatoms. The lowest BCUT2D eigenvalue weighted by atomic mass is 9.81. The predicted molar refractivity (Wildman–Crippen MR) is 65.1 cm³/mol. The van der Waals surface area contributed by atoms with E-state index in [-0.39, 0.29) is 12.0 Å². The highest BCUT2D eigenvalue weighted by Gasteiger charge is 2.20. The summed E-state index contributed by atoms with van der Waals surface area (Å²) >= 11 is 0. The van der Waals surface area contributed by atoms with Crippen LogP contribution in [0.15, 0.2) is 24.3 Å². The highest BCUT2D eigenvalue weighted by Crippen LogP contribution is 2.30. The maximum absolute atomic E-state index is 9.23. The van der Waals surface area contributed by atoms with Crippen molar-refractivity contribution in [3.8, 4) is 0 Å². The van der Waals surface area contributed by atoms with Crippen molar-refractivity contribution in [2.45, 2.75) is 40.0 Å². The van der Waals surface area contributed by atoms with Gasteiger partial charge in [0, 0.05) is 6.61 Å². The number of hydrogen-bond donors (Lipinski definition) is 1. The summed E-state index contributed by atoms with van der Waals surface area (Å²) in [7, 11) is 0. The first-order chi connectivity index (χ1) is 6.94. The summed E-state index contributed by atoms with van der Waals surface area (Å²) in [5.41, 5.74) is 2.68. The van der Waals surface area contributed by atoms with Crippen LogP contribution in [-0.2, 0) is 0 Å². The van der Waals surface area contributed by atoms with Gasteiger partial charge in [-0.25, -0.2) is 0 Å². The van der Waals surface area contributed by atoms with Crippen molar-refractivity contribution < 1.29 is 5.11 Å². The minimum absolute atomic E-state index is 0.0182. The number of benzene rings is 1. The molecular formula is C14H22O. The quantitative estimate of drug-likeness (QED) is 0.799. The van der Waals surface area contributed by atoms with E-state index in [0.29, 0.717) is 5.92 Å². The molecule has 1 atom stereocenters. The molecule has 1 rings (SSSR count). The van der Waals surface area contributed by atoms with Crippen molar-refractivity contribution in [1.82, 2.24) is 0 Å². The molecule has 1 unspecified atom stereocenters. The van der Waals surface area contributed by atoms with E-state index >= 15 is 0 Å². The fourth-order valence-corrected chi connectivity index (χ4v) is 1.91. The van der Waals surface area contributed by atoms with Crippen molar-refractivity contribution in [1.29, 1.82) is 0 Å². The van der Waals surface area contributed by atoms with E-state index in [4.69, 9.17) is 0 Å². The molecule has 1 nitrogen and oxygen atoms in total. The maximum Gasteiger partial charge on any atom is 0.0482 e. The molecule has 0 spiro atoms. The second kappa shape index (κ2) is 4.80. The molecule has 0 saturated carbocycles. The third kappa shape index (κ3) is 3.67. The number of aliphatic hydroxyl groups excluding tert-OH is 1. The highest BCUT2D eigenvalue weighted by atomic mass is 16.3. The number of rotatable bonds is 4. The average molecular weight is 206 g/mol. The van der Waals surface area contributed by atoms with Crippen LogP contribution in [0.4, 0.5) is 0 Å². The van der Waals surface area contributed by atoms with Gasteiger partial charge >= 0.3 is 0 Å². The zero-order valence-corrected chi connectivity index (χ0v) is 10.2. The Morgan fingerprint density at radius 2 is 1.73 bits per heavy atom. The second-order valence-corrected chi connectivity index (χ2v) is 5.34. The number of hydrogen-bond acceptors (Lipinski definition) is 1. The number of aliphatic hydroxyl groups is 1. The zero-order chi connectivity index (χ0) is 11.5. The molecule has 0 radical (unpaired) electrons. The van der Waals surface area contributed by atoms with Crippen LogP contribution in [0.25, 0.3) is 0 Å². The van der Waals surface area contributed by atoms with E-state index in [0.717, 1.165) is 6.42 Å². The highest BCUT2D eigenvalue weighted by molar-refractivity contribution is 5.24. The van der Waals surface area contributed by atoms with Gasteiger partial charge in [-0.3, -0.25) is 0 Å². The van der Waals surface area contributed by atoms with E-state index in [1.54, 1.807) is 0 Å². The van der Waals surface area contributed by atoms with Gasteiger partial charge in [-0.15, -0.1) is 0 Å². The first-order valence-corrected chi connectivity index (χ1v) is 5.62. The van der Waals surface area contributed by atoms with Gasteiger partial charge in [-0.1, -0.05) is 50.6 Å². The fourth-order valence-electron chi connectivity index (χ4n) is 1.91. The SMILES string of the molecule is Cc1ccc(C(C)CC(C)(C)CO)cc1. The Balaban J connectivity index is 2.69. The molecular weight excluding hydrogens is 184 g/mol. The van der Waals surface area contributed by atoms with Crippen LogP contribution in [0.2, 0.25) is 0 Å². The van der Waals surface area contributed by atoms with Crippen molar-refractivity contribution >= 4 is 0 Å². The lowest BCUT2D eigenvalue weighted by molar-refractivity contribution is 0.143. The van der Waals surface area contributed by atoms with Gasteiger partial charge in [-0.2, -0.15) is 0 Å². The molecule has 0 aliphatic carbocycles. The Morgan fingerprint density at radius 1 is 1.20 bits per heavy atom. The van der Waals surface area contributed by atoms with Crippen LogP contribution >= 0.6 is 0 Å². The molecule has 0 aliphatic heterocycles. The normalized spacial score (nSPS) is 13.9. The second-order valence-electron chi connectivity index (χ2n) is 5.34. The van der Waals surface area contributed by atoms with Gasteiger partial charge in [0.2, 0.25) is 0 Å². The summed E-state index contributed by atoms with van der Waals surface area (Å²) < 4.78 is 0. The van der Waals surface area contributed by atoms with Crippen molar-refractivity contribution in [2.24, 2.45) is 5.41 Å². The Bertz CT molecular complexity index is 298. The van der Waals surface area contributed by atoms with Crippen LogP contribution in [0.5, 0.6) is 0 Å². The van der Waals surface area contributed by atoms with Crippen LogP contribution in [0, 0.1) is 12.3 Å². The van der Waals surface area contributed by atoms with E-state index in [1.807, 2.05) is 0 Å². The summed E-state index contributed by atoms with van der Waals surface area (Å²) in [6.07, 6.45) is 1.02. The van der Waals surface area contributed by atoms with Crippen LogP contribution in [-0.4, -0.2) is 11.7 Å². The first-order valence-electron chi connectivity index (χ1n) is 5.62. The topological polar surface area (TPSA) is 20.2 Å². The minimum atomic E-state index is 0.0182. The van der Waals surface area contributed by atoms with E-state index in [9.17, 15) is 5.11 Å². The maximum atomic E-state index is 9.23. The monoisotopic (exact) mass is 206 g/mol. The van der Waals surface area contributed by atoms with E-state index < -0.39 is 0 Å². The van der Waals surface area contributed by atoms with Crippen LogP contribution in [0.3, 0.4) is 0 Å². The molecule has 1 aromatic carbocycles. The van der Waals surface area contributed by atoms with Crippen molar-refractivity contribution in [3.05, 3.63) is 35.4 Å². The molecule has 0 amide bonds. The molecule has 1 aromatic rings. The predicted octanol–water partition coefficient (Wildman–Crippen LogP) is 3.51. The lowest BCUT2D eigenvalue weighted by Crippen LogP contribution is -2.19. The molecule has 0 aromatic heterocycles. The van der Waals surface area contributed by atoms with Gasteiger partial charge in [0.1, 0.15) is 0 Å². The lowest BCUT2D eigenvalue weighted by Gasteiger charge is -2.26. The van der Waals surface area contributed by atoms with Gasteiger partial charge in [0.05, 0.1) is 0 Å². The molecule has 0 heterocycles. The Labute approximate surface area is 93.1 Å². The van der Waals surface area contributed by atoms with Gasteiger partial charge in [0.25, 0.3) is 0 Å². The Morgan fingerprint density at radius 3 is 2.20 bits per heavy atom. The van der Waals surface area contributed by atoms with Gasteiger partial charge in [-0.05, 0) is 30.2 Å². The first kappa shape index (κ1) is 12.3. The molecule has 0 saturated heterocycles. The molecule has 0 aliphatic rings. The molecule has 0 fully saturated rings. The third-order valence-corrected chi connectivity index (χ3v) is 2.93. The molecule has 84 valence electrons. The smallest absolute Gasteiger partial charge is 0.0482 e. The van der Waals surface area contributed by atoms with Gasteiger partial charge < -0.3 is 5.11 Å². The standard InChI is InChI=1S/C14H22O/c1-11-5-7-13(8-6-11)12(2)9-14(3,4)10-15/h5-8,12,15H,9-10H2,1-4H3. The summed E-state index contributed by atoms with van der Waals surface area (Å²) in [6.45, 7) is 8.80. The van der Waals surface area contributed by atoms with Gasteiger partial charge in [0.15, 0.2) is 0 Å². The van der Waals surface area contributed by atoms with Crippen molar-refractivity contribution in [3.63, 3.8) is 0 Å². The molecule has 0 bridgehead atoms. The Kier molecular flexibility index (Phi) is 3.92.